The number of H-pyrrole nitrogens is 1. The molecule has 0 aliphatic carbocycles. The van der Waals surface area contributed by atoms with Crippen LogP contribution in [0.1, 0.15) is 47.7 Å². The Hall–Kier alpha value is -4.95. The summed E-state index contributed by atoms with van der Waals surface area (Å²) >= 11 is 0. The molecule has 0 radical (unpaired) electrons. The Kier molecular flexibility index (Phi) is 7.47. The number of hydrogen-bond donors (Lipinski definition) is 1. The predicted octanol–water partition coefficient (Wildman–Crippen LogP) is 10.3. The normalized spacial score (nSPS) is 13.8. The Morgan fingerprint density at radius 3 is 2.05 bits per heavy atom. The molecule has 1 aliphatic rings. The Labute approximate surface area is 243 Å². The van der Waals surface area contributed by atoms with Crippen molar-refractivity contribution in [3.8, 4) is 22.4 Å². The molecular weight excluding hydrogens is 496 g/mol. The van der Waals surface area contributed by atoms with Gasteiger partial charge in [-0.15, -0.1) is 0 Å². The van der Waals surface area contributed by atoms with E-state index in [9.17, 15) is 0 Å². The number of aromatic amines is 1. The van der Waals surface area contributed by atoms with E-state index in [2.05, 4.69) is 153 Å². The molecule has 2 heterocycles. The molecule has 0 bridgehead atoms. The largest absolute Gasteiger partial charge is 0.354 e. The number of allylic oxidation sites excluding steroid dienone is 4. The number of nitrogens with zero attached hydrogens (tertiary/aromatic N) is 1. The van der Waals surface area contributed by atoms with Crippen LogP contribution in [0.25, 0.3) is 33.7 Å². The maximum Gasteiger partial charge on any atom is 0.0815 e. The minimum Gasteiger partial charge on any atom is -0.354 e. The first-order chi connectivity index (χ1) is 20.1. The SMILES string of the molecule is C=C(/C=C\CCC)/C(=C1/N=C(c2ccc(C)cc2)c2ccccc21)c1[nH]c(-c2ccccc2)cc1-c1ccccc1. The zero-order chi connectivity index (χ0) is 28.2. The van der Waals surface area contributed by atoms with Crippen molar-refractivity contribution in [2.75, 3.05) is 0 Å². The van der Waals surface area contributed by atoms with E-state index in [4.69, 9.17) is 4.99 Å². The number of aliphatic imine (C=N–C) groups is 1. The van der Waals surface area contributed by atoms with E-state index < -0.39 is 0 Å². The molecule has 5 aromatic rings. The molecule has 0 fully saturated rings. The summed E-state index contributed by atoms with van der Waals surface area (Å²) in [6.45, 7) is 8.93. The molecule has 2 heteroatoms. The van der Waals surface area contributed by atoms with Crippen LogP contribution in [0.5, 0.6) is 0 Å². The fourth-order valence-corrected chi connectivity index (χ4v) is 5.43. The van der Waals surface area contributed by atoms with Gasteiger partial charge in [0.25, 0.3) is 0 Å². The van der Waals surface area contributed by atoms with Crippen LogP contribution in [0, 0.1) is 6.92 Å². The molecule has 2 nitrogen and oxygen atoms in total. The second-order valence-electron chi connectivity index (χ2n) is 10.5. The molecule has 0 atom stereocenters. The van der Waals surface area contributed by atoms with E-state index >= 15 is 0 Å². The number of hydrogen-bond acceptors (Lipinski definition) is 1. The molecule has 0 spiro atoms. The highest BCUT2D eigenvalue weighted by Gasteiger charge is 2.27. The van der Waals surface area contributed by atoms with Crippen molar-refractivity contribution >= 4 is 17.0 Å². The topological polar surface area (TPSA) is 28.1 Å². The summed E-state index contributed by atoms with van der Waals surface area (Å²) in [6.07, 6.45) is 6.47. The Morgan fingerprint density at radius 2 is 1.37 bits per heavy atom. The first-order valence-electron chi connectivity index (χ1n) is 14.3. The first-order valence-corrected chi connectivity index (χ1v) is 14.3. The van der Waals surface area contributed by atoms with Crippen molar-refractivity contribution < 1.29 is 0 Å². The number of aromatic nitrogens is 1. The zero-order valence-electron chi connectivity index (χ0n) is 23.7. The predicted molar refractivity (Wildman–Crippen MR) is 175 cm³/mol. The second-order valence-corrected chi connectivity index (χ2v) is 10.5. The Morgan fingerprint density at radius 1 is 0.732 bits per heavy atom. The second kappa shape index (κ2) is 11.7. The van der Waals surface area contributed by atoms with Gasteiger partial charge in [-0.25, -0.2) is 4.99 Å². The lowest BCUT2D eigenvalue weighted by Crippen LogP contribution is -2.00. The maximum absolute atomic E-state index is 5.38. The third kappa shape index (κ3) is 5.29. The Balaban J connectivity index is 1.65. The minimum absolute atomic E-state index is 0.941. The number of aryl methyl sites for hydroxylation is 1. The summed E-state index contributed by atoms with van der Waals surface area (Å²) in [5.41, 5.74) is 14.0. The van der Waals surface area contributed by atoms with Gasteiger partial charge in [0.05, 0.1) is 17.1 Å². The molecule has 1 aromatic heterocycles. The van der Waals surface area contributed by atoms with E-state index in [-0.39, 0.29) is 0 Å². The highest BCUT2D eigenvalue weighted by molar-refractivity contribution is 6.23. The molecule has 200 valence electrons. The highest BCUT2D eigenvalue weighted by Crippen LogP contribution is 2.43. The van der Waals surface area contributed by atoms with E-state index in [1.807, 2.05) is 0 Å². The third-order valence-electron chi connectivity index (χ3n) is 7.56. The van der Waals surface area contributed by atoms with Crippen molar-refractivity contribution in [3.05, 3.63) is 168 Å². The van der Waals surface area contributed by atoms with Crippen LogP contribution in [-0.4, -0.2) is 10.7 Å². The average molecular weight is 531 g/mol. The molecule has 0 unspecified atom stereocenters. The average Bonchev–Trinajstić information content (AvgIpc) is 3.62. The van der Waals surface area contributed by atoms with Crippen molar-refractivity contribution in [1.29, 1.82) is 0 Å². The van der Waals surface area contributed by atoms with E-state index in [0.717, 1.165) is 80.2 Å². The summed E-state index contributed by atoms with van der Waals surface area (Å²) in [7, 11) is 0. The van der Waals surface area contributed by atoms with Crippen LogP contribution >= 0.6 is 0 Å². The van der Waals surface area contributed by atoms with Crippen molar-refractivity contribution in [2.45, 2.75) is 26.7 Å². The van der Waals surface area contributed by atoms with Gasteiger partial charge in [0.15, 0.2) is 0 Å². The van der Waals surface area contributed by atoms with E-state index in [0.29, 0.717) is 0 Å². The number of rotatable bonds is 8. The standard InChI is InChI=1S/C39H34N2/c1-4-5-8-15-28(3)36(38-33-21-14-13-20-32(33)37(41-38)31-24-22-27(2)23-25-31)39-34(29-16-9-6-10-17-29)26-35(40-39)30-18-11-7-12-19-30/h6-26,40H,3-5H2,1-2H3/b15-8-,38-36-. The smallest absolute Gasteiger partial charge is 0.0815 e. The van der Waals surface area contributed by atoms with Crippen LogP contribution in [0.3, 0.4) is 0 Å². The number of benzene rings is 4. The lowest BCUT2D eigenvalue weighted by Gasteiger charge is -2.14. The van der Waals surface area contributed by atoms with Crippen molar-refractivity contribution in [2.24, 2.45) is 4.99 Å². The van der Waals surface area contributed by atoms with Crippen molar-refractivity contribution in [3.63, 3.8) is 0 Å². The summed E-state index contributed by atoms with van der Waals surface area (Å²) in [6, 6.07) is 40.5. The van der Waals surface area contributed by atoms with Gasteiger partial charge < -0.3 is 4.98 Å². The van der Waals surface area contributed by atoms with Gasteiger partial charge >= 0.3 is 0 Å². The summed E-state index contributed by atoms with van der Waals surface area (Å²) in [4.78, 5) is 9.20. The lowest BCUT2D eigenvalue weighted by atomic mass is 9.92. The zero-order valence-corrected chi connectivity index (χ0v) is 23.7. The van der Waals surface area contributed by atoms with Gasteiger partial charge in [-0.1, -0.05) is 147 Å². The van der Waals surface area contributed by atoms with Crippen LogP contribution in [0.2, 0.25) is 0 Å². The highest BCUT2D eigenvalue weighted by atomic mass is 14.8. The van der Waals surface area contributed by atoms with Crippen LogP contribution in [0.15, 0.2) is 145 Å². The van der Waals surface area contributed by atoms with Crippen LogP contribution in [-0.2, 0) is 0 Å². The van der Waals surface area contributed by atoms with Crippen molar-refractivity contribution in [1.82, 2.24) is 4.98 Å². The van der Waals surface area contributed by atoms with Gasteiger partial charge in [-0.2, -0.15) is 0 Å². The first kappa shape index (κ1) is 26.3. The van der Waals surface area contributed by atoms with Gasteiger partial charge in [0.1, 0.15) is 0 Å². The lowest BCUT2D eigenvalue weighted by molar-refractivity contribution is 0.958. The molecule has 6 rings (SSSR count). The molecule has 4 aromatic carbocycles. The molecule has 41 heavy (non-hydrogen) atoms. The van der Waals surface area contributed by atoms with Gasteiger partial charge in [0, 0.05) is 33.5 Å². The van der Waals surface area contributed by atoms with Gasteiger partial charge in [0.2, 0.25) is 0 Å². The molecule has 1 N–H and O–H groups in total. The quantitative estimate of drug-likeness (QED) is 0.193. The number of fused-ring (bicyclic) bond motifs is 1. The summed E-state index contributed by atoms with van der Waals surface area (Å²) < 4.78 is 0. The number of unbranched alkanes of at least 4 members (excludes halogenated alkanes) is 1. The molecule has 0 saturated carbocycles. The van der Waals surface area contributed by atoms with Crippen LogP contribution in [0.4, 0.5) is 0 Å². The maximum atomic E-state index is 5.38. The third-order valence-corrected chi connectivity index (χ3v) is 7.56. The summed E-state index contributed by atoms with van der Waals surface area (Å²) in [5.74, 6) is 0. The fourth-order valence-electron chi connectivity index (χ4n) is 5.43. The fraction of sp³-hybridized carbons (Fsp3) is 0.103. The monoisotopic (exact) mass is 530 g/mol. The molecule has 0 saturated heterocycles. The number of nitrogens with one attached hydrogen (secondary N) is 1. The van der Waals surface area contributed by atoms with E-state index in [1.165, 1.54) is 5.56 Å². The van der Waals surface area contributed by atoms with Gasteiger partial charge in [-0.3, -0.25) is 0 Å². The Bertz CT molecular complexity index is 1780. The molecule has 0 amide bonds. The molecular formula is C39H34N2. The van der Waals surface area contributed by atoms with Crippen LogP contribution < -0.4 is 0 Å². The minimum atomic E-state index is 0.941. The molecule has 1 aliphatic heterocycles. The van der Waals surface area contributed by atoms with E-state index in [1.54, 1.807) is 0 Å². The van der Waals surface area contributed by atoms with Gasteiger partial charge in [-0.05, 0) is 36.1 Å². The summed E-state index contributed by atoms with van der Waals surface area (Å²) in [5, 5.41) is 0.